The maximum atomic E-state index is 13.7. The van der Waals surface area contributed by atoms with Gasteiger partial charge in [0.25, 0.3) is 20.2 Å². The highest BCUT2D eigenvalue weighted by Gasteiger charge is 2.30. The van der Waals surface area contributed by atoms with Crippen LogP contribution in [0, 0.1) is 0 Å². The molecule has 0 amide bonds. The van der Waals surface area contributed by atoms with Crippen molar-refractivity contribution in [2.24, 2.45) is 0 Å². The predicted molar refractivity (Wildman–Crippen MR) is 143 cm³/mol. The van der Waals surface area contributed by atoms with E-state index in [4.69, 9.17) is 4.98 Å². The zero-order valence-corrected chi connectivity index (χ0v) is 21.4. The summed E-state index contributed by atoms with van der Waals surface area (Å²) >= 11 is 0. The molecule has 1 aliphatic rings. The SMILES string of the molecule is O=C1c2ccccc2-c2nc(-c3cccc(S(=O)(=O)O)c3)nc3ccc(Nc4ccc(S(=O)(=O)O)cc4)c1c23. The fourth-order valence-corrected chi connectivity index (χ4v) is 5.58. The molecule has 12 heteroatoms. The smallest absolute Gasteiger partial charge is 0.294 e. The van der Waals surface area contributed by atoms with Crippen molar-refractivity contribution < 1.29 is 30.7 Å². The van der Waals surface area contributed by atoms with Crippen LogP contribution in [0.5, 0.6) is 0 Å². The molecular formula is C27H17N3O7S2. The molecule has 39 heavy (non-hydrogen) atoms. The minimum Gasteiger partial charge on any atom is -0.355 e. The first-order valence-electron chi connectivity index (χ1n) is 11.4. The molecule has 1 heterocycles. The molecule has 1 aliphatic carbocycles. The molecule has 0 unspecified atom stereocenters. The molecule has 0 atom stereocenters. The molecule has 0 aliphatic heterocycles. The molecule has 6 rings (SSSR count). The third-order valence-corrected chi connectivity index (χ3v) is 8.06. The Bertz CT molecular complexity index is 2060. The number of carbonyl (C=O) groups excluding carboxylic acids is 1. The average Bonchev–Trinajstić information content (AvgIpc) is 2.91. The molecule has 0 fully saturated rings. The Morgan fingerprint density at radius 2 is 1.38 bits per heavy atom. The largest absolute Gasteiger partial charge is 0.355 e. The van der Waals surface area contributed by atoms with Crippen LogP contribution in [-0.4, -0.2) is 41.7 Å². The summed E-state index contributed by atoms with van der Waals surface area (Å²) in [6.07, 6.45) is 0. The van der Waals surface area contributed by atoms with E-state index in [9.17, 15) is 30.7 Å². The second-order valence-electron chi connectivity index (χ2n) is 8.78. The van der Waals surface area contributed by atoms with E-state index in [1.807, 2.05) is 0 Å². The summed E-state index contributed by atoms with van der Waals surface area (Å²) in [7, 11) is -8.80. The number of benzene rings is 4. The number of fused-ring (bicyclic) bond motifs is 2. The van der Waals surface area contributed by atoms with Crippen LogP contribution >= 0.6 is 0 Å². The number of nitrogens with zero attached hydrogens (tertiary/aromatic N) is 2. The first-order chi connectivity index (χ1) is 18.5. The summed E-state index contributed by atoms with van der Waals surface area (Å²) in [5, 5.41) is 3.63. The second kappa shape index (κ2) is 8.78. The van der Waals surface area contributed by atoms with Gasteiger partial charge in [-0.05, 0) is 48.5 Å². The highest BCUT2D eigenvalue weighted by atomic mass is 32.2. The molecule has 194 valence electrons. The number of aromatic nitrogens is 2. The fraction of sp³-hybridized carbons (Fsp3) is 0. The van der Waals surface area contributed by atoms with Crippen LogP contribution in [0.4, 0.5) is 11.4 Å². The van der Waals surface area contributed by atoms with Gasteiger partial charge in [0.2, 0.25) is 0 Å². The number of ketones is 1. The molecule has 4 aromatic carbocycles. The van der Waals surface area contributed by atoms with Gasteiger partial charge in [-0.3, -0.25) is 13.9 Å². The van der Waals surface area contributed by atoms with Crippen LogP contribution in [0.3, 0.4) is 0 Å². The first-order valence-corrected chi connectivity index (χ1v) is 14.3. The number of hydrogen-bond donors (Lipinski definition) is 3. The molecule has 0 spiro atoms. The molecule has 5 aromatic rings. The summed E-state index contributed by atoms with van der Waals surface area (Å²) in [5.41, 5.74) is 3.51. The van der Waals surface area contributed by atoms with Crippen LogP contribution in [-0.2, 0) is 20.2 Å². The Balaban J connectivity index is 1.56. The van der Waals surface area contributed by atoms with E-state index in [1.54, 1.807) is 42.5 Å². The summed E-state index contributed by atoms with van der Waals surface area (Å²) in [6.45, 7) is 0. The van der Waals surface area contributed by atoms with E-state index >= 15 is 0 Å². The zero-order valence-electron chi connectivity index (χ0n) is 19.7. The summed E-state index contributed by atoms with van der Waals surface area (Å²) in [6, 6.07) is 21.4. The molecule has 0 bridgehead atoms. The van der Waals surface area contributed by atoms with E-state index in [-0.39, 0.29) is 21.4 Å². The van der Waals surface area contributed by atoms with Gasteiger partial charge < -0.3 is 5.32 Å². The molecular weight excluding hydrogens is 542 g/mol. The Morgan fingerprint density at radius 1 is 0.692 bits per heavy atom. The van der Waals surface area contributed by atoms with E-state index in [0.29, 0.717) is 50.2 Å². The molecule has 0 saturated heterocycles. The predicted octanol–water partition coefficient (Wildman–Crippen LogP) is 4.75. The van der Waals surface area contributed by atoms with Crippen LogP contribution < -0.4 is 5.32 Å². The molecule has 10 nitrogen and oxygen atoms in total. The Morgan fingerprint density at radius 3 is 2.08 bits per heavy atom. The third kappa shape index (κ3) is 4.34. The number of carbonyl (C=O) groups is 1. The summed E-state index contributed by atoms with van der Waals surface area (Å²) in [4.78, 5) is 22.5. The van der Waals surface area contributed by atoms with Gasteiger partial charge in [-0.15, -0.1) is 0 Å². The van der Waals surface area contributed by atoms with Gasteiger partial charge in [0.05, 0.1) is 32.3 Å². The Hall–Kier alpha value is -4.49. The van der Waals surface area contributed by atoms with Gasteiger partial charge >= 0.3 is 0 Å². The van der Waals surface area contributed by atoms with Gasteiger partial charge in [-0.25, -0.2) is 9.97 Å². The normalized spacial score (nSPS) is 12.8. The van der Waals surface area contributed by atoms with Gasteiger partial charge in [0.1, 0.15) is 0 Å². The molecule has 3 N–H and O–H groups in total. The average molecular weight is 560 g/mol. The van der Waals surface area contributed by atoms with Crippen molar-refractivity contribution in [3.63, 3.8) is 0 Å². The quantitative estimate of drug-likeness (QED) is 0.251. The monoisotopic (exact) mass is 559 g/mol. The standard InChI is InChI=1S/C27H17N3O7S2/c31-26-20-7-2-1-6-19(20)25-23-21(29-27(30-25)15-4-3-5-18(14-15)39(35,36)37)12-13-22(24(23)26)28-16-8-10-17(11-9-16)38(32,33)34/h1-14,28H,(H,32,33,34)(H,35,36,37). The topological polar surface area (TPSA) is 164 Å². The van der Waals surface area contributed by atoms with Gasteiger partial charge in [0, 0.05) is 27.8 Å². The van der Waals surface area contributed by atoms with E-state index < -0.39 is 20.2 Å². The maximum Gasteiger partial charge on any atom is 0.294 e. The fourth-order valence-electron chi connectivity index (χ4n) is 4.57. The summed E-state index contributed by atoms with van der Waals surface area (Å²) in [5.74, 6) is -0.0508. The van der Waals surface area contributed by atoms with Crippen molar-refractivity contribution in [1.29, 1.82) is 0 Å². The van der Waals surface area contributed by atoms with Crippen molar-refractivity contribution in [2.75, 3.05) is 5.32 Å². The van der Waals surface area contributed by atoms with Crippen LogP contribution in [0.2, 0.25) is 0 Å². The van der Waals surface area contributed by atoms with E-state index in [2.05, 4.69) is 10.3 Å². The zero-order chi connectivity index (χ0) is 27.5. The molecule has 1 aromatic heterocycles. The Kier molecular flexibility index (Phi) is 5.59. The van der Waals surface area contributed by atoms with Crippen molar-refractivity contribution >= 4 is 48.3 Å². The van der Waals surface area contributed by atoms with Gasteiger partial charge in [-0.2, -0.15) is 16.8 Å². The van der Waals surface area contributed by atoms with Crippen LogP contribution in [0.15, 0.2) is 94.7 Å². The van der Waals surface area contributed by atoms with E-state index in [0.717, 1.165) is 0 Å². The number of hydrogen-bond acceptors (Lipinski definition) is 8. The van der Waals surface area contributed by atoms with E-state index in [1.165, 1.54) is 42.5 Å². The lowest BCUT2D eigenvalue weighted by Gasteiger charge is -2.22. The second-order valence-corrected chi connectivity index (χ2v) is 11.6. The highest BCUT2D eigenvalue weighted by Crippen LogP contribution is 2.42. The lowest BCUT2D eigenvalue weighted by molar-refractivity contribution is 0.104. The minimum absolute atomic E-state index is 0.208. The van der Waals surface area contributed by atoms with Crippen molar-refractivity contribution in [3.8, 4) is 22.6 Å². The summed E-state index contributed by atoms with van der Waals surface area (Å²) < 4.78 is 64.9. The number of nitrogens with one attached hydrogen (secondary N) is 1. The lowest BCUT2D eigenvalue weighted by atomic mass is 9.85. The van der Waals surface area contributed by atoms with Crippen LogP contribution in [0.1, 0.15) is 15.9 Å². The van der Waals surface area contributed by atoms with Gasteiger partial charge in [-0.1, -0.05) is 36.4 Å². The number of rotatable bonds is 5. The van der Waals surface area contributed by atoms with Crippen molar-refractivity contribution in [3.05, 3.63) is 96.1 Å². The first kappa shape index (κ1) is 24.8. The molecule has 0 saturated carbocycles. The third-order valence-electron chi connectivity index (χ3n) is 6.34. The number of anilines is 2. The molecule has 0 radical (unpaired) electrons. The van der Waals surface area contributed by atoms with Crippen molar-refractivity contribution in [2.45, 2.75) is 9.79 Å². The highest BCUT2D eigenvalue weighted by molar-refractivity contribution is 7.86. The minimum atomic E-state index is -4.45. The van der Waals surface area contributed by atoms with Crippen LogP contribution in [0.25, 0.3) is 33.5 Å². The Labute approximate surface area is 222 Å². The maximum absolute atomic E-state index is 13.7. The van der Waals surface area contributed by atoms with Crippen molar-refractivity contribution in [1.82, 2.24) is 9.97 Å². The van der Waals surface area contributed by atoms with Gasteiger partial charge in [0.15, 0.2) is 11.6 Å². The lowest BCUT2D eigenvalue weighted by Crippen LogP contribution is -2.14.